The molecule has 3 rings (SSSR count). The molecule has 0 amide bonds. The molecule has 3 aromatic heterocycles. The van der Waals surface area contributed by atoms with Crippen LogP contribution >= 0.6 is 11.8 Å². The van der Waals surface area contributed by atoms with Gasteiger partial charge in [-0.3, -0.25) is 4.40 Å². The smallest absolute Gasteiger partial charge is 0.201 e. The van der Waals surface area contributed by atoms with Crippen molar-refractivity contribution in [2.45, 2.75) is 17.1 Å². The summed E-state index contributed by atoms with van der Waals surface area (Å²) in [5, 5.41) is 9.75. The average molecular weight is 257 g/mol. The van der Waals surface area contributed by atoms with Gasteiger partial charge in [0.1, 0.15) is 5.03 Å². The van der Waals surface area contributed by atoms with Gasteiger partial charge in [0, 0.05) is 11.9 Å². The summed E-state index contributed by atoms with van der Waals surface area (Å²) in [6.07, 6.45) is 1.92. The maximum Gasteiger partial charge on any atom is 0.201 e. The summed E-state index contributed by atoms with van der Waals surface area (Å²) in [6.45, 7) is 1.94. The van der Waals surface area contributed by atoms with E-state index in [1.54, 1.807) is 0 Å². The maximum absolute atomic E-state index is 5.91. The summed E-state index contributed by atoms with van der Waals surface area (Å²) in [5.74, 6) is 0. The Bertz CT molecular complexity index is 707. The standard InChI is InChI=1S/C12H11N5S/c1-8-5-6-9(13)11(14-8)18-12-16-15-10-4-2-3-7-17(10)12/h2-7H,13H2,1H3. The summed E-state index contributed by atoms with van der Waals surface area (Å²) in [4.78, 5) is 4.41. The number of pyridine rings is 2. The number of aromatic nitrogens is 4. The zero-order valence-electron chi connectivity index (χ0n) is 9.74. The van der Waals surface area contributed by atoms with Crippen LogP contribution in [0.25, 0.3) is 5.65 Å². The van der Waals surface area contributed by atoms with Crippen molar-refractivity contribution >= 4 is 23.1 Å². The zero-order chi connectivity index (χ0) is 12.5. The van der Waals surface area contributed by atoms with Gasteiger partial charge in [0.2, 0.25) is 5.16 Å². The van der Waals surface area contributed by atoms with E-state index in [9.17, 15) is 0 Å². The third kappa shape index (κ3) is 1.91. The molecule has 0 atom stereocenters. The molecule has 0 aliphatic rings. The van der Waals surface area contributed by atoms with Gasteiger partial charge in [-0.1, -0.05) is 6.07 Å². The van der Waals surface area contributed by atoms with Crippen LogP contribution in [-0.4, -0.2) is 19.6 Å². The molecule has 3 aromatic rings. The number of rotatable bonds is 2. The van der Waals surface area contributed by atoms with Crippen LogP contribution in [0, 0.1) is 6.92 Å². The highest BCUT2D eigenvalue weighted by Crippen LogP contribution is 2.29. The first-order valence-corrected chi connectivity index (χ1v) is 6.26. The monoisotopic (exact) mass is 257 g/mol. The van der Waals surface area contributed by atoms with E-state index in [-0.39, 0.29) is 0 Å². The lowest BCUT2D eigenvalue weighted by molar-refractivity contribution is 0.916. The highest BCUT2D eigenvalue weighted by Gasteiger charge is 2.10. The Balaban J connectivity index is 2.04. The van der Waals surface area contributed by atoms with Gasteiger partial charge < -0.3 is 5.73 Å². The van der Waals surface area contributed by atoms with E-state index in [4.69, 9.17) is 5.73 Å². The van der Waals surface area contributed by atoms with Crippen molar-refractivity contribution < 1.29 is 0 Å². The van der Waals surface area contributed by atoms with Crippen LogP contribution in [0.1, 0.15) is 5.69 Å². The highest BCUT2D eigenvalue weighted by molar-refractivity contribution is 7.99. The minimum atomic E-state index is 0.651. The second kappa shape index (κ2) is 4.30. The summed E-state index contributed by atoms with van der Waals surface area (Å²) in [5.41, 5.74) is 8.30. The third-order valence-electron chi connectivity index (χ3n) is 2.50. The molecule has 5 nitrogen and oxygen atoms in total. The number of nitrogens with two attached hydrogens (primary N) is 1. The van der Waals surface area contributed by atoms with Crippen molar-refractivity contribution in [3.63, 3.8) is 0 Å². The SMILES string of the molecule is Cc1ccc(N)c(Sc2nnc3ccccn23)n1. The normalized spacial score (nSPS) is 10.9. The van der Waals surface area contributed by atoms with Gasteiger partial charge in [-0.15, -0.1) is 10.2 Å². The van der Waals surface area contributed by atoms with Gasteiger partial charge in [0.05, 0.1) is 5.69 Å². The molecule has 0 unspecified atom stereocenters. The Morgan fingerprint density at radius 1 is 1.17 bits per heavy atom. The number of hydrogen-bond donors (Lipinski definition) is 1. The molecule has 0 saturated heterocycles. The molecule has 2 N–H and O–H groups in total. The fourth-order valence-electron chi connectivity index (χ4n) is 1.60. The Hall–Kier alpha value is -2.08. The van der Waals surface area contributed by atoms with E-state index in [1.165, 1.54) is 11.8 Å². The first-order valence-electron chi connectivity index (χ1n) is 5.45. The van der Waals surface area contributed by atoms with E-state index in [1.807, 2.05) is 47.9 Å². The molecule has 0 spiro atoms. The van der Waals surface area contributed by atoms with Gasteiger partial charge in [0.25, 0.3) is 0 Å². The molecular weight excluding hydrogens is 246 g/mol. The number of aryl methyl sites for hydroxylation is 1. The van der Waals surface area contributed by atoms with Crippen LogP contribution < -0.4 is 5.73 Å². The molecule has 0 radical (unpaired) electrons. The van der Waals surface area contributed by atoms with Crippen molar-refractivity contribution in [3.05, 3.63) is 42.2 Å². The summed E-state index contributed by atoms with van der Waals surface area (Å²) >= 11 is 1.42. The van der Waals surface area contributed by atoms with Crippen LogP contribution in [0.2, 0.25) is 0 Å². The topological polar surface area (TPSA) is 69.1 Å². The zero-order valence-corrected chi connectivity index (χ0v) is 10.6. The van der Waals surface area contributed by atoms with Crippen molar-refractivity contribution in [2.75, 3.05) is 5.73 Å². The van der Waals surface area contributed by atoms with Gasteiger partial charge in [-0.2, -0.15) is 0 Å². The first-order chi connectivity index (χ1) is 8.74. The summed E-state index contributed by atoms with van der Waals surface area (Å²) < 4.78 is 1.91. The van der Waals surface area contributed by atoms with E-state index in [0.717, 1.165) is 21.5 Å². The first kappa shape index (κ1) is 11.0. The molecule has 0 saturated carbocycles. The molecule has 6 heteroatoms. The Morgan fingerprint density at radius 3 is 2.94 bits per heavy atom. The Labute approximate surface area is 108 Å². The quantitative estimate of drug-likeness (QED) is 0.762. The van der Waals surface area contributed by atoms with Crippen molar-refractivity contribution in [1.29, 1.82) is 0 Å². The van der Waals surface area contributed by atoms with Crippen molar-refractivity contribution in [3.8, 4) is 0 Å². The molecule has 18 heavy (non-hydrogen) atoms. The number of hydrogen-bond acceptors (Lipinski definition) is 5. The fraction of sp³-hybridized carbons (Fsp3) is 0.0833. The second-order valence-corrected chi connectivity index (χ2v) is 4.82. The predicted molar refractivity (Wildman–Crippen MR) is 70.5 cm³/mol. The van der Waals surface area contributed by atoms with Gasteiger partial charge in [0.15, 0.2) is 5.65 Å². The number of nitrogen functional groups attached to an aromatic ring is 1. The Morgan fingerprint density at radius 2 is 2.06 bits per heavy atom. The molecule has 0 aliphatic heterocycles. The van der Waals surface area contributed by atoms with E-state index < -0.39 is 0 Å². The van der Waals surface area contributed by atoms with Gasteiger partial charge in [-0.05, 0) is 43.0 Å². The molecule has 3 heterocycles. The maximum atomic E-state index is 5.91. The lowest BCUT2D eigenvalue weighted by Crippen LogP contribution is -1.95. The van der Waals surface area contributed by atoms with Crippen LogP contribution in [-0.2, 0) is 0 Å². The number of nitrogens with zero attached hydrogens (tertiary/aromatic N) is 4. The molecule has 90 valence electrons. The van der Waals surface area contributed by atoms with E-state index in [0.29, 0.717) is 5.69 Å². The summed E-state index contributed by atoms with van der Waals surface area (Å²) in [7, 11) is 0. The van der Waals surface area contributed by atoms with Gasteiger partial charge >= 0.3 is 0 Å². The van der Waals surface area contributed by atoms with Crippen molar-refractivity contribution in [1.82, 2.24) is 19.6 Å². The largest absolute Gasteiger partial charge is 0.397 e. The second-order valence-electron chi connectivity index (χ2n) is 3.86. The number of anilines is 1. The van der Waals surface area contributed by atoms with E-state index in [2.05, 4.69) is 15.2 Å². The number of fused-ring (bicyclic) bond motifs is 1. The Kier molecular flexibility index (Phi) is 2.64. The molecule has 0 fully saturated rings. The van der Waals surface area contributed by atoms with Crippen LogP contribution in [0.4, 0.5) is 5.69 Å². The van der Waals surface area contributed by atoms with Crippen LogP contribution in [0.15, 0.2) is 46.7 Å². The molecule has 0 aromatic carbocycles. The minimum absolute atomic E-state index is 0.651. The lowest BCUT2D eigenvalue weighted by Gasteiger charge is -2.03. The fourth-order valence-corrected chi connectivity index (χ4v) is 2.48. The predicted octanol–water partition coefficient (Wildman–Crippen LogP) is 2.17. The van der Waals surface area contributed by atoms with Crippen LogP contribution in [0.5, 0.6) is 0 Å². The van der Waals surface area contributed by atoms with E-state index >= 15 is 0 Å². The van der Waals surface area contributed by atoms with Gasteiger partial charge in [-0.25, -0.2) is 4.98 Å². The molecule has 0 aliphatic carbocycles. The average Bonchev–Trinajstić information content (AvgIpc) is 2.78. The third-order valence-corrected chi connectivity index (χ3v) is 3.48. The van der Waals surface area contributed by atoms with Crippen LogP contribution in [0.3, 0.4) is 0 Å². The minimum Gasteiger partial charge on any atom is -0.397 e. The molecule has 0 bridgehead atoms. The summed E-state index contributed by atoms with van der Waals surface area (Å²) in [6, 6.07) is 9.52. The van der Waals surface area contributed by atoms with Crippen molar-refractivity contribution in [2.24, 2.45) is 0 Å². The molecular formula is C12H11N5S. The lowest BCUT2D eigenvalue weighted by atomic mass is 10.3. The highest BCUT2D eigenvalue weighted by atomic mass is 32.2.